The normalized spacial score (nSPS) is 12.4. The van der Waals surface area contributed by atoms with Gasteiger partial charge in [0.1, 0.15) is 16.5 Å². The summed E-state index contributed by atoms with van der Waals surface area (Å²) in [5.74, 6) is -1.95. The minimum absolute atomic E-state index is 0.228. The maximum absolute atomic E-state index is 13.9. The van der Waals surface area contributed by atoms with Crippen LogP contribution in [0.5, 0.6) is 0 Å². The second-order valence-corrected chi connectivity index (χ2v) is 7.96. The Kier molecular flexibility index (Phi) is 4.03. The van der Waals surface area contributed by atoms with Gasteiger partial charge in [0.25, 0.3) is 10.0 Å². The molecule has 0 radical (unpaired) electrons. The smallest absolute Gasteiger partial charge is 0.236 e. The molecule has 0 aliphatic carbocycles. The highest BCUT2D eigenvalue weighted by Gasteiger charge is 2.37. The van der Waals surface area contributed by atoms with Gasteiger partial charge in [0.15, 0.2) is 5.13 Å². The number of rotatable bonds is 3. The van der Waals surface area contributed by atoms with Gasteiger partial charge in [-0.05, 0) is 32.9 Å². The number of halogens is 2. The molecule has 0 atom stereocenters. The molecule has 0 saturated carbocycles. The highest BCUT2D eigenvalue weighted by molar-refractivity contribution is 7.93. The van der Waals surface area contributed by atoms with Crippen molar-refractivity contribution in [1.82, 2.24) is 4.98 Å². The Balaban J connectivity index is 2.64. The molecule has 4 nitrogen and oxygen atoms in total. The summed E-state index contributed by atoms with van der Waals surface area (Å²) in [4.78, 5) is 3.42. The summed E-state index contributed by atoms with van der Waals surface area (Å²) >= 11 is 1.13. The quantitative estimate of drug-likeness (QED) is 0.865. The molecule has 0 fully saturated rings. The molecule has 114 valence electrons. The zero-order chi connectivity index (χ0) is 15.8. The van der Waals surface area contributed by atoms with Crippen molar-refractivity contribution in [1.29, 1.82) is 0 Å². The van der Waals surface area contributed by atoms with Crippen molar-refractivity contribution in [3.05, 3.63) is 41.4 Å². The van der Waals surface area contributed by atoms with Crippen molar-refractivity contribution in [3.63, 3.8) is 0 Å². The number of aromatic nitrogens is 1. The summed E-state index contributed by atoms with van der Waals surface area (Å²) in [6.07, 6.45) is 1.47. The van der Waals surface area contributed by atoms with E-state index in [0.717, 1.165) is 27.8 Å². The lowest BCUT2D eigenvalue weighted by atomic mass is 10.1. The molecule has 0 bridgehead atoms. The molecule has 0 amide bonds. The van der Waals surface area contributed by atoms with Gasteiger partial charge in [-0.15, -0.1) is 11.3 Å². The number of nitrogens with zero attached hydrogens (tertiary/aromatic N) is 2. The predicted octanol–water partition coefficient (Wildman–Crippen LogP) is 3.42. The van der Waals surface area contributed by atoms with Gasteiger partial charge >= 0.3 is 0 Å². The first kappa shape index (κ1) is 15.8. The summed E-state index contributed by atoms with van der Waals surface area (Å²) < 4.78 is 53.4. The summed E-state index contributed by atoms with van der Waals surface area (Å²) in [7, 11) is -4.19. The topological polar surface area (TPSA) is 50.3 Å². The number of hydrogen-bond donors (Lipinski definition) is 0. The molecule has 1 aromatic heterocycles. The molecular weight excluding hydrogens is 318 g/mol. The lowest BCUT2D eigenvalue weighted by Crippen LogP contribution is -2.46. The van der Waals surface area contributed by atoms with Crippen LogP contribution in [0.15, 0.2) is 34.7 Å². The fourth-order valence-electron chi connectivity index (χ4n) is 1.85. The van der Waals surface area contributed by atoms with Crippen molar-refractivity contribution >= 4 is 26.5 Å². The first-order valence-corrected chi connectivity index (χ1v) is 8.36. The summed E-state index contributed by atoms with van der Waals surface area (Å²) in [5, 5.41) is 1.86. The maximum Gasteiger partial charge on any atom is 0.269 e. The van der Waals surface area contributed by atoms with E-state index in [-0.39, 0.29) is 5.13 Å². The number of anilines is 1. The first-order valence-electron chi connectivity index (χ1n) is 6.04. The van der Waals surface area contributed by atoms with E-state index in [4.69, 9.17) is 0 Å². The third-order valence-electron chi connectivity index (χ3n) is 2.61. The summed E-state index contributed by atoms with van der Waals surface area (Å²) in [6.45, 7) is 5.02. The Morgan fingerprint density at radius 3 is 2.38 bits per heavy atom. The van der Waals surface area contributed by atoms with Crippen LogP contribution in [-0.2, 0) is 10.0 Å². The third-order valence-corrected chi connectivity index (χ3v) is 5.57. The van der Waals surface area contributed by atoms with Crippen molar-refractivity contribution in [2.24, 2.45) is 0 Å². The molecule has 0 saturated heterocycles. The minimum Gasteiger partial charge on any atom is -0.236 e. The zero-order valence-corrected chi connectivity index (χ0v) is 13.3. The Bertz CT molecular complexity index is 738. The third kappa shape index (κ3) is 3.06. The van der Waals surface area contributed by atoms with Crippen LogP contribution in [-0.4, -0.2) is 18.9 Å². The zero-order valence-electron chi connectivity index (χ0n) is 11.7. The van der Waals surface area contributed by atoms with Crippen LogP contribution in [0.2, 0.25) is 0 Å². The van der Waals surface area contributed by atoms with Gasteiger partial charge in [-0.3, -0.25) is 0 Å². The van der Waals surface area contributed by atoms with Gasteiger partial charge in [0.05, 0.1) is 5.54 Å². The van der Waals surface area contributed by atoms with Crippen LogP contribution < -0.4 is 4.31 Å². The molecule has 8 heteroatoms. The molecule has 0 N–H and O–H groups in total. The van der Waals surface area contributed by atoms with Crippen LogP contribution in [0.3, 0.4) is 0 Å². The van der Waals surface area contributed by atoms with E-state index in [9.17, 15) is 17.2 Å². The molecule has 2 aromatic rings. The Labute approximate surface area is 126 Å². The summed E-state index contributed by atoms with van der Waals surface area (Å²) in [5.41, 5.74) is -0.850. The van der Waals surface area contributed by atoms with Gasteiger partial charge in [-0.2, -0.15) is 0 Å². The van der Waals surface area contributed by atoms with Gasteiger partial charge < -0.3 is 0 Å². The first-order chi connectivity index (χ1) is 9.64. The number of hydrogen-bond acceptors (Lipinski definition) is 4. The lowest BCUT2D eigenvalue weighted by Gasteiger charge is -2.34. The van der Waals surface area contributed by atoms with E-state index in [2.05, 4.69) is 4.98 Å². The molecule has 0 spiro atoms. The van der Waals surface area contributed by atoms with Gasteiger partial charge in [0, 0.05) is 17.6 Å². The Hall–Kier alpha value is -1.54. The van der Waals surface area contributed by atoms with E-state index in [1.165, 1.54) is 6.20 Å². The Morgan fingerprint density at radius 1 is 1.24 bits per heavy atom. The highest BCUT2D eigenvalue weighted by atomic mass is 32.2. The predicted molar refractivity (Wildman–Crippen MR) is 77.9 cm³/mol. The van der Waals surface area contributed by atoms with E-state index < -0.39 is 32.1 Å². The van der Waals surface area contributed by atoms with Crippen LogP contribution in [0.25, 0.3) is 0 Å². The average Bonchev–Trinajstić information content (AvgIpc) is 2.79. The molecule has 0 aliphatic heterocycles. The van der Waals surface area contributed by atoms with Crippen LogP contribution in [0.4, 0.5) is 13.9 Å². The van der Waals surface area contributed by atoms with Crippen LogP contribution >= 0.6 is 11.3 Å². The molecule has 0 aliphatic rings. The van der Waals surface area contributed by atoms with E-state index >= 15 is 0 Å². The van der Waals surface area contributed by atoms with Gasteiger partial charge in [-0.25, -0.2) is 26.5 Å². The molecule has 1 heterocycles. The Morgan fingerprint density at radius 2 is 1.90 bits per heavy atom. The van der Waals surface area contributed by atoms with E-state index in [0.29, 0.717) is 6.07 Å². The highest BCUT2D eigenvalue weighted by Crippen LogP contribution is 2.33. The largest absolute Gasteiger partial charge is 0.269 e. The van der Waals surface area contributed by atoms with E-state index in [1.54, 1.807) is 26.2 Å². The molecule has 2 rings (SSSR count). The molecule has 21 heavy (non-hydrogen) atoms. The SMILES string of the molecule is CC(C)(C)N(c1nccs1)S(=O)(=O)c1ccc(F)cc1F. The van der Waals surface area contributed by atoms with Crippen molar-refractivity contribution in [3.8, 4) is 0 Å². The fraction of sp³-hybridized carbons (Fsp3) is 0.308. The molecular formula is C13H14F2N2O2S2. The standard InChI is InChI=1S/C13H14F2N2O2S2/c1-13(2,3)17(12-16-6-7-20-12)21(18,19)11-5-4-9(14)8-10(11)15/h4-8H,1-3H3. The monoisotopic (exact) mass is 332 g/mol. The maximum atomic E-state index is 13.9. The minimum atomic E-state index is -4.19. The number of thiazole rings is 1. The molecule has 1 aromatic carbocycles. The van der Waals surface area contributed by atoms with Crippen molar-refractivity contribution in [2.75, 3.05) is 4.31 Å². The van der Waals surface area contributed by atoms with Crippen LogP contribution in [0, 0.1) is 11.6 Å². The molecule has 0 unspecified atom stereocenters. The average molecular weight is 332 g/mol. The fourth-order valence-corrected chi connectivity index (χ4v) is 4.72. The lowest BCUT2D eigenvalue weighted by molar-refractivity contribution is 0.521. The second-order valence-electron chi connectivity index (χ2n) is 5.33. The second kappa shape index (κ2) is 5.34. The number of benzene rings is 1. The van der Waals surface area contributed by atoms with E-state index in [1.807, 2.05) is 0 Å². The van der Waals surface area contributed by atoms with Gasteiger partial charge in [0.2, 0.25) is 0 Å². The van der Waals surface area contributed by atoms with Crippen molar-refractivity contribution < 1.29 is 17.2 Å². The van der Waals surface area contributed by atoms with Crippen molar-refractivity contribution in [2.45, 2.75) is 31.2 Å². The van der Waals surface area contributed by atoms with Gasteiger partial charge in [-0.1, -0.05) is 0 Å². The van der Waals surface area contributed by atoms with Crippen LogP contribution in [0.1, 0.15) is 20.8 Å². The number of sulfonamides is 1. The summed E-state index contributed by atoms with van der Waals surface area (Å²) in [6, 6.07) is 2.39.